The predicted molar refractivity (Wildman–Crippen MR) is 72.7 cm³/mol. The number of fused-ring (bicyclic) bond motifs is 1. The number of rotatable bonds is 1. The summed E-state index contributed by atoms with van der Waals surface area (Å²) in [6.45, 7) is 1.98. The number of hydrogen-bond acceptors (Lipinski definition) is 1. The fourth-order valence-electron chi connectivity index (χ4n) is 2.36. The third-order valence-corrected chi connectivity index (χ3v) is 3.33. The predicted octanol–water partition coefficient (Wildman–Crippen LogP) is 3.83. The molecule has 0 fully saturated rings. The molecule has 2 amide bonds. The number of anilines is 2. The highest BCUT2D eigenvalue weighted by atomic mass is 19.1. The van der Waals surface area contributed by atoms with Gasteiger partial charge in [0.05, 0.1) is 6.54 Å². The van der Waals surface area contributed by atoms with Crippen molar-refractivity contribution in [3.63, 3.8) is 0 Å². The molecule has 0 aliphatic carbocycles. The first-order valence-corrected chi connectivity index (χ1v) is 6.18. The second kappa shape index (κ2) is 4.59. The van der Waals surface area contributed by atoms with Crippen LogP contribution in [0.5, 0.6) is 0 Å². The van der Waals surface area contributed by atoms with Gasteiger partial charge in [0, 0.05) is 11.4 Å². The zero-order chi connectivity index (χ0) is 14.3. The third-order valence-electron chi connectivity index (χ3n) is 3.33. The normalized spacial score (nSPS) is 13.9. The van der Waals surface area contributed by atoms with Gasteiger partial charge < -0.3 is 5.32 Å². The van der Waals surface area contributed by atoms with Gasteiger partial charge in [0.15, 0.2) is 0 Å². The van der Waals surface area contributed by atoms with Gasteiger partial charge in [-0.3, -0.25) is 4.90 Å². The standard InChI is InChI=1S/C15H12F2N2O/c1-9-6-11(16)3-5-14(9)19-8-10-7-12(17)2-4-13(10)18-15(19)20/h2-7H,8H2,1H3,(H,18,20). The summed E-state index contributed by atoms with van der Waals surface area (Å²) in [6, 6.07) is 8.14. The van der Waals surface area contributed by atoms with Gasteiger partial charge in [-0.05, 0) is 54.4 Å². The van der Waals surface area contributed by atoms with Crippen LogP contribution in [0.25, 0.3) is 0 Å². The molecule has 3 rings (SSSR count). The molecule has 0 bridgehead atoms. The van der Waals surface area contributed by atoms with Crippen LogP contribution in [0.4, 0.5) is 25.0 Å². The average molecular weight is 274 g/mol. The van der Waals surface area contributed by atoms with Gasteiger partial charge in [0.2, 0.25) is 0 Å². The van der Waals surface area contributed by atoms with Gasteiger partial charge in [-0.2, -0.15) is 0 Å². The molecule has 1 aliphatic heterocycles. The molecule has 1 aliphatic rings. The van der Waals surface area contributed by atoms with Crippen LogP contribution in [0.1, 0.15) is 11.1 Å². The minimum Gasteiger partial charge on any atom is -0.307 e. The number of urea groups is 1. The Labute approximate surface area is 114 Å². The maximum Gasteiger partial charge on any atom is 0.326 e. The lowest BCUT2D eigenvalue weighted by Gasteiger charge is -2.30. The third kappa shape index (κ3) is 2.11. The number of benzene rings is 2. The van der Waals surface area contributed by atoms with Crippen molar-refractivity contribution in [2.24, 2.45) is 0 Å². The lowest BCUT2D eigenvalue weighted by Crippen LogP contribution is -2.39. The van der Waals surface area contributed by atoms with Crippen LogP contribution < -0.4 is 10.2 Å². The van der Waals surface area contributed by atoms with E-state index in [1.807, 2.05) is 0 Å². The quantitative estimate of drug-likeness (QED) is 0.842. The van der Waals surface area contributed by atoms with E-state index >= 15 is 0 Å². The molecular weight excluding hydrogens is 262 g/mol. The SMILES string of the molecule is Cc1cc(F)ccc1N1Cc2cc(F)ccc2NC1=O. The molecule has 0 unspecified atom stereocenters. The van der Waals surface area contributed by atoms with Crippen molar-refractivity contribution in [2.45, 2.75) is 13.5 Å². The molecule has 3 nitrogen and oxygen atoms in total. The van der Waals surface area contributed by atoms with Crippen molar-refractivity contribution >= 4 is 17.4 Å². The minimum atomic E-state index is -0.352. The van der Waals surface area contributed by atoms with Crippen LogP contribution >= 0.6 is 0 Å². The smallest absolute Gasteiger partial charge is 0.307 e. The first kappa shape index (κ1) is 12.6. The summed E-state index contributed by atoms with van der Waals surface area (Å²) in [5.41, 5.74) is 2.56. The maximum atomic E-state index is 13.3. The van der Waals surface area contributed by atoms with E-state index in [-0.39, 0.29) is 24.2 Å². The molecular formula is C15H12F2N2O. The van der Waals surface area contributed by atoms with E-state index in [9.17, 15) is 13.6 Å². The number of aryl methyl sites for hydroxylation is 1. The summed E-state index contributed by atoms with van der Waals surface area (Å²) in [6.07, 6.45) is 0. The fourth-order valence-corrected chi connectivity index (χ4v) is 2.36. The van der Waals surface area contributed by atoms with E-state index in [1.54, 1.807) is 13.0 Å². The Morgan fingerprint density at radius 2 is 1.80 bits per heavy atom. The highest BCUT2D eigenvalue weighted by Crippen LogP contribution is 2.30. The Bertz CT molecular complexity index is 700. The van der Waals surface area contributed by atoms with E-state index in [0.29, 0.717) is 22.5 Å². The van der Waals surface area contributed by atoms with Crippen molar-refractivity contribution in [1.82, 2.24) is 0 Å². The Kier molecular flexibility index (Phi) is 2.89. The first-order valence-electron chi connectivity index (χ1n) is 6.18. The van der Waals surface area contributed by atoms with Gasteiger partial charge in [-0.15, -0.1) is 0 Å². The molecule has 0 spiro atoms. The number of halogens is 2. The summed E-state index contributed by atoms with van der Waals surface area (Å²) in [5.74, 6) is -0.703. The molecule has 0 aromatic heterocycles. The number of carbonyl (C=O) groups is 1. The van der Waals surface area contributed by atoms with Crippen LogP contribution in [0.3, 0.4) is 0 Å². The number of nitrogens with zero attached hydrogens (tertiary/aromatic N) is 1. The zero-order valence-corrected chi connectivity index (χ0v) is 10.8. The monoisotopic (exact) mass is 274 g/mol. The average Bonchev–Trinajstić information content (AvgIpc) is 2.39. The van der Waals surface area contributed by atoms with Crippen LogP contribution in [-0.4, -0.2) is 6.03 Å². The van der Waals surface area contributed by atoms with E-state index in [4.69, 9.17) is 0 Å². The zero-order valence-electron chi connectivity index (χ0n) is 10.8. The summed E-state index contributed by atoms with van der Waals surface area (Å²) < 4.78 is 26.4. The number of amides is 2. The first-order chi connectivity index (χ1) is 9.54. The second-order valence-electron chi connectivity index (χ2n) is 4.75. The Balaban J connectivity index is 2.01. The lowest BCUT2D eigenvalue weighted by atomic mass is 10.1. The molecule has 102 valence electrons. The minimum absolute atomic E-state index is 0.255. The van der Waals surface area contributed by atoms with Crippen LogP contribution in [0.2, 0.25) is 0 Å². The molecule has 5 heteroatoms. The van der Waals surface area contributed by atoms with Gasteiger partial charge in [-0.25, -0.2) is 13.6 Å². The molecule has 1 heterocycles. The largest absolute Gasteiger partial charge is 0.326 e. The van der Waals surface area contributed by atoms with E-state index in [2.05, 4.69) is 5.32 Å². The molecule has 0 saturated heterocycles. The highest BCUT2D eigenvalue weighted by molar-refractivity contribution is 6.04. The topological polar surface area (TPSA) is 32.3 Å². The van der Waals surface area contributed by atoms with Crippen molar-refractivity contribution in [3.05, 3.63) is 59.2 Å². The number of nitrogens with one attached hydrogen (secondary N) is 1. The van der Waals surface area contributed by atoms with Crippen molar-refractivity contribution in [3.8, 4) is 0 Å². The number of hydrogen-bond donors (Lipinski definition) is 1. The van der Waals surface area contributed by atoms with Gasteiger partial charge in [0.25, 0.3) is 0 Å². The highest BCUT2D eigenvalue weighted by Gasteiger charge is 2.25. The fraction of sp³-hybridized carbons (Fsp3) is 0.133. The summed E-state index contributed by atoms with van der Waals surface area (Å²) in [5, 5.41) is 2.70. The summed E-state index contributed by atoms with van der Waals surface area (Å²) >= 11 is 0. The molecule has 2 aromatic carbocycles. The van der Waals surface area contributed by atoms with Crippen LogP contribution in [0, 0.1) is 18.6 Å². The van der Waals surface area contributed by atoms with Crippen LogP contribution in [-0.2, 0) is 6.54 Å². The Morgan fingerprint density at radius 1 is 1.10 bits per heavy atom. The van der Waals surface area contributed by atoms with Crippen molar-refractivity contribution in [1.29, 1.82) is 0 Å². The van der Waals surface area contributed by atoms with Gasteiger partial charge in [-0.1, -0.05) is 0 Å². The molecule has 20 heavy (non-hydrogen) atoms. The van der Waals surface area contributed by atoms with Gasteiger partial charge in [0.1, 0.15) is 11.6 Å². The van der Waals surface area contributed by atoms with E-state index in [0.717, 1.165) is 0 Å². The van der Waals surface area contributed by atoms with E-state index < -0.39 is 0 Å². The molecule has 0 saturated carbocycles. The number of carbonyl (C=O) groups excluding carboxylic acids is 1. The maximum absolute atomic E-state index is 13.3. The van der Waals surface area contributed by atoms with Gasteiger partial charge >= 0.3 is 6.03 Å². The molecule has 2 aromatic rings. The molecule has 0 atom stereocenters. The lowest BCUT2D eigenvalue weighted by molar-refractivity contribution is 0.256. The molecule has 0 radical (unpaired) electrons. The van der Waals surface area contributed by atoms with Crippen molar-refractivity contribution in [2.75, 3.05) is 10.2 Å². The summed E-state index contributed by atoms with van der Waals surface area (Å²) in [7, 11) is 0. The second-order valence-corrected chi connectivity index (χ2v) is 4.75. The molecule has 1 N–H and O–H groups in total. The summed E-state index contributed by atoms with van der Waals surface area (Å²) in [4.78, 5) is 13.6. The van der Waals surface area contributed by atoms with E-state index in [1.165, 1.54) is 35.2 Å². The van der Waals surface area contributed by atoms with Crippen molar-refractivity contribution < 1.29 is 13.6 Å². The van der Waals surface area contributed by atoms with Crippen LogP contribution in [0.15, 0.2) is 36.4 Å². The Morgan fingerprint density at radius 3 is 2.55 bits per heavy atom. The Hall–Kier alpha value is -2.43.